The second kappa shape index (κ2) is 4.15. The van der Waals surface area contributed by atoms with Crippen molar-refractivity contribution >= 4 is 5.57 Å². The van der Waals surface area contributed by atoms with Crippen molar-refractivity contribution in [2.45, 2.75) is 25.7 Å². The van der Waals surface area contributed by atoms with E-state index in [2.05, 4.69) is 24.1 Å². The van der Waals surface area contributed by atoms with Crippen molar-refractivity contribution in [3.05, 3.63) is 41.5 Å². The largest absolute Gasteiger partial charge is 0.115 e. The summed E-state index contributed by atoms with van der Waals surface area (Å²) < 4.78 is 0. The smallest absolute Gasteiger partial charge is 0.0317 e. The molecule has 14 heavy (non-hydrogen) atoms. The molecule has 0 aliphatic heterocycles. The second-order valence-corrected chi connectivity index (χ2v) is 3.67. The molecule has 0 spiro atoms. The highest BCUT2D eigenvalue weighted by molar-refractivity contribution is 5.71. The molecule has 0 aromatic heterocycles. The number of hydrogen-bond acceptors (Lipinski definition) is 0. The lowest BCUT2D eigenvalue weighted by atomic mass is 9.91. The lowest BCUT2D eigenvalue weighted by Gasteiger charge is -2.14. The van der Waals surface area contributed by atoms with Gasteiger partial charge < -0.3 is 0 Å². The van der Waals surface area contributed by atoms with Crippen LogP contribution in [0.3, 0.4) is 0 Å². The van der Waals surface area contributed by atoms with E-state index in [1.54, 1.807) is 0 Å². The van der Waals surface area contributed by atoms with Crippen molar-refractivity contribution in [2.75, 3.05) is 0 Å². The summed E-state index contributed by atoms with van der Waals surface area (Å²) >= 11 is 0. The van der Waals surface area contributed by atoms with Gasteiger partial charge in [0.15, 0.2) is 0 Å². The number of hydrogen-bond donors (Lipinski definition) is 0. The van der Waals surface area contributed by atoms with Crippen molar-refractivity contribution in [2.24, 2.45) is 0 Å². The van der Waals surface area contributed by atoms with Gasteiger partial charge in [0.05, 0.1) is 0 Å². The van der Waals surface area contributed by atoms with Gasteiger partial charge in [0.25, 0.3) is 0 Å². The molecule has 0 nitrogen and oxygen atoms in total. The molecule has 0 heteroatoms. The molecule has 1 aliphatic rings. The normalized spacial score (nSPS) is 15.8. The van der Waals surface area contributed by atoms with Crippen LogP contribution in [-0.4, -0.2) is 0 Å². The van der Waals surface area contributed by atoms with E-state index in [-0.39, 0.29) is 0 Å². The number of rotatable bonds is 1. The van der Waals surface area contributed by atoms with Gasteiger partial charge in [-0.25, -0.2) is 0 Å². The standard InChI is InChI=1S/C14H14/c1-2-12-8-6-7-11-14(12)13-9-4-3-5-10-13/h1,6-9,11H,3-5,10H2. The van der Waals surface area contributed by atoms with E-state index in [4.69, 9.17) is 6.42 Å². The molecular weight excluding hydrogens is 168 g/mol. The zero-order valence-electron chi connectivity index (χ0n) is 8.29. The fraction of sp³-hybridized carbons (Fsp3) is 0.286. The summed E-state index contributed by atoms with van der Waals surface area (Å²) in [6.07, 6.45) is 12.8. The lowest BCUT2D eigenvalue weighted by molar-refractivity contribution is 0.742. The average molecular weight is 182 g/mol. The topological polar surface area (TPSA) is 0 Å². The molecule has 2 rings (SSSR count). The van der Waals surface area contributed by atoms with Crippen LogP contribution in [0.25, 0.3) is 5.57 Å². The molecule has 0 amide bonds. The van der Waals surface area contributed by atoms with Gasteiger partial charge in [-0.05, 0) is 42.9 Å². The summed E-state index contributed by atoms with van der Waals surface area (Å²) in [5, 5.41) is 0. The minimum Gasteiger partial charge on any atom is -0.115 e. The van der Waals surface area contributed by atoms with Crippen molar-refractivity contribution < 1.29 is 0 Å². The Labute approximate surface area is 85.7 Å². The van der Waals surface area contributed by atoms with Crippen LogP contribution in [0, 0.1) is 12.3 Å². The number of benzene rings is 1. The van der Waals surface area contributed by atoms with E-state index in [9.17, 15) is 0 Å². The summed E-state index contributed by atoms with van der Waals surface area (Å²) in [4.78, 5) is 0. The lowest BCUT2D eigenvalue weighted by Crippen LogP contribution is -1.94. The quantitative estimate of drug-likeness (QED) is 0.582. The molecule has 70 valence electrons. The maximum absolute atomic E-state index is 5.48. The van der Waals surface area contributed by atoms with Crippen LogP contribution in [0.15, 0.2) is 30.3 Å². The van der Waals surface area contributed by atoms with E-state index >= 15 is 0 Å². The molecule has 1 aromatic carbocycles. The maximum Gasteiger partial charge on any atom is 0.0317 e. The van der Waals surface area contributed by atoms with Crippen molar-refractivity contribution in [3.8, 4) is 12.3 Å². The van der Waals surface area contributed by atoms with E-state index in [0.717, 1.165) is 5.56 Å². The zero-order valence-corrected chi connectivity index (χ0v) is 8.29. The third-order valence-corrected chi connectivity index (χ3v) is 2.72. The van der Waals surface area contributed by atoms with Gasteiger partial charge in [0.1, 0.15) is 0 Å². The number of terminal acetylenes is 1. The summed E-state index contributed by atoms with van der Waals surface area (Å²) in [6.45, 7) is 0. The minimum atomic E-state index is 1.03. The van der Waals surface area contributed by atoms with Crippen LogP contribution in [0.2, 0.25) is 0 Å². The Bertz CT molecular complexity index is 391. The van der Waals surface area contributed by atoms with Crippen LogP contribution in [0.5, 0.6) is 0 Å². The summed E-state index contributed by atoms with van der Waals surface area (Å²) in [7, 11) is 0. The average Bonchev–Trinajstić information content (AvgIpc) is 2.30. The third-order valence-electron chi connectivity index (χ3n) is 2.72. The molecule has 0 radical (unpaired) electrons. The van der Waals surface area contributed by atoms with Crippen LogP contribution < -0.4 is 0 Å². The van der Waals surface area contributed by atoms with E-state index in [0.29, 0.717) is 0 Å². The highest BCUT2D eigenvalue weighted by Crippen LogP contribution is 2.28. The Morgan fingerprint density at radius 2 is 2.00 bits per heavy atom. The van der Waals surface area contributed by atoms with Crippen LogP contribution in [0.1, 0.15) is 36.8 Å². The van der Waals surface area contributed by atoms with Gasteiger partial charge in [0.2, 0.25) is 0 Å². The first-order valence-electron chi connectivity index (χ1n) is 5.17. The highest BCUT2D eigenvalue weighted by Gasteiger charge is 2.08. The molecule has 0 saturated carbocycles. The first kappa shape index (κ1) is 9.09. The van der Waals surface area contributed by atoms with Gasteiger partial charge >= 0.3 is 0 Å². The molecule has 0 saturated heterocycles. The van der Waals surface area contributed by atoms with E-state index in [1.807, 2.05) is 12.1 Å². The first-order valence-corrected chi connectivity index (χ1v) is 5.17. The Balaban J connectivity index is 2.40. The Morgan fingerprint density at radius 1 is 1.14 bits per heavy atom. The van der Waals surface area contributed by atoms with Crippen LogP contribution in [0.4, 0.5) is 0 Å². The molecule has 0 unspecified atom stereocenters. The summed E-state index contributed by atoms with van der Waals surface area (Å²) in [6, 6.07) is 8.21. The van der Waals surface area contributed by atoms with Crippen LogP contribution in [-0.2, 0) is 0 Å². The van der Waals surface area contributed by atoms with Crippen molar-refractivity contribution in [1.82, 2.24) is 0 Å². The molecule has 0 N–H and O–H groups in total. The van der Waals surface area contributed by atoms with Gasteiger partial charge in [0, 0.05) is 5.56 Å². The van der Waals surface area contributed by atoms with E-state index < -0.39 is 0 Å². The monoisotopic (exact) mass is 182 g/mol. The van der Waals surface area contributed by atoms with E-state index in [1.165, 1.54) is 36.8 Å². The summed E-state index contributed by atoms with van der Waals surface area (Å²) in [5.41, 5.74) is 3.72. The predicted molar refractivity (Wildman–Crippen MR) is 60.8 cm³/mol. The fourth-order valence-electron chi connectivity index (χ4n) is 1.97. The highest BCUT2D eigenvalue weighted by atomic mass is 14.1. The van der Waals surface area contributed by atoms with Gasteiger partial charge in [-0.1, -0.05) is 30.2 Å². The SMILES string of the molecule is C#Cc1ccccc1C1=CCCCC1. The molecule has 0 atom stereocenters. The van der Waals surface area contributed by atoms with Gasteiger partial charge in [-0.15, -0.1) is 6.42 Å². The predicted octanol–water partition coefficient (Wildman–Crippen LogP) is 3.63. The molecular formula is C14H14. The van der Waals surface area contributed by atoms with Crippen molar-refractivity contribution in [1.29, 1.82) is 0 Å². The molecule has 0 fully saturated rings. The Morgan fingerprint density at radius 3 is 2.71 bits per heavy atom. The minimum absolute atomic E-state index is 1.03. The Hall–Kier alpha value is -1.48. The summed E-state index contributed by atoms with van der Waals surface area (Å²) in [5.74, 6) is 2.75. The fourth-order valence-corrected chi connectivity index (χ4v) is 1.97. The van der Waals surface area contributed by atoms with Crippen LogP contribution >= 0.6 is 0 Å². The molecule has 1 aliphatic carbocycles. The van der Waals surface area contributed by atoms with Gasteiger partial charge in [-0.2, -0.15) is 0 Å². The molecule has 0 heterocycles. The number of allylic oxidation sites excluding steroid dienone is 2. The maximum atomic E-state index is 5.48. The third kappa shape index (κ3) is 1.72. The zero-order chi connectivity index (χ0) is 9.80. The first-order chi connectivity index (χ1) is 6.92. The molecule has 0 bridgehead atoms. The Kier molecular flexibility index (Phi) is 2.70. The van der Waals surface area contributed by atoms with Gasteiger partial charge in [-0.3, -0.25) is 0 Å². The molecule has 1 aromatic rings. The van der Waals surface area contributed by atoms with Crippen molar-refractivity contribution in [3.63, 3.8) is 0 Å². The second-order valence-electron chi connectivity index (χ2n) is 3.67.